The fourth-order valence-electron chi connectivity index (χ4n) is 2.78. The summed E-state index contributed by atoms with van der Waals surface area (Å²) in [4.78, 5) is 14.8. The molecule has 0 saturated heterocycles. The number of hydrogen-bond acceptors (Lipinski definition) is 4. The van der Waals surface area contributed by atoms with Crippen molar-refractivity contribution in [3.8, 4) is 0 Å². The molecule has 5 nitrogen and oxygen atoms in total. The van der Waals surface area contributed by atoms with Crippen LogP contribution in [-0.4, -0.2) is 16.5 Å². The first-order valence-corrected chi connectivity index (χ1v) is 7.19. The average molecular weight is 283 g/mol. The Hall–Kier alpha value is -2.43. The summed E-state index contributed by atoms with van der Waals surface area (Å²) >= 11 is 0. The molecule has 3 rings (SSSR count). The van der Waals surface area contributed by atoms with Crippen LogP contribution in [0.3, 0.4) is 0 Å². The highest BCUT2D eigenvalue weighted by atomic mass is 16.6. The Balaban J connectivity index is 1.82. The fourth-order valence-corrected chi connectivity index (χ4v) is 2.78. The second kappa shape index (κ2) is 5.91. The van der Waals surface area contributed by atoms with Crippen LogP contribution < -0.4 is 5.32 Å². The van der Waals surface area contributed by atoms with E-state index < -0.39 is 0 Å². The maximum Gasteiger partial charge on any atom is 0.295 e. The van der Waals surface area contributed by atoms with Gasteiger partial charge < -0.3 is 5.32 Å². The third-order valence-electron chi connectivity index (χ3n) is 3.84. The van der Waals surface area contributed by atoms with Gasteiger partial charge in [0.15, 0.2) is 0 Å². The van der Waals surface area contributed by atoms with Crippen LogP contribution in [0.1, 0.15) is 25.7 Å². The van der Waals surface area contributed by atoms with E-state index in [4.69, 9.17) is 0 Å². The van der Waals surface area contributed by atoms with Crippen molar-refractivity contribution in [2.75, 3.05) is 11.9 Å². The van der Waals surface area contributed by atoms with Crippen LogP contribution in [0.15, 0.2) is 42.1 Å². The Morgan fingerprint density at radius 1 is 1.33 bits per heavy atom. The first-order valence-electron chi connectivity index (χ1n) is 7.19. The van der Waals surface area contributed by atoms with Gasteiger partial charge in [0, 0.05) is 29.9 Å². The van der Waals surface area contributed by atoms with Crippen LogP contribution in [-0.2, 0) is 0 Å². The Bertz CT molecular complexity index is 710. The van der Waals surface area contributed by atoms with E-state index in [1.54, 1.807) is 18.3 Å². The summed E-state index contributed by atoms with van der Waals surface area (Å²) in [5, 5.41) is 15.2. The van der Waals surface area contributed by atoms with Crippen molar-refractivity contribution in [1.29, 1.82) is 0 Å². The minimum Gasteiger partial charge on any atom is -0.384 e. The number of nitro groups is 1. The molecule has 0 unspecified atom stereocenters. The van der Waals surface area contributed by atoms with Crippen molar-refractivity contribution in [1.82, 2.24) is 4.98 Å². The van der Waals surface area contributed by atoms with Crippen molar-refractivity contribution in [3.63, 3.8) is 0 Å². The minimum atomic E-state index is -0.386. The number of nitro benzene ring substituents is 1. The molecular formula is C16H17N3O2. The number of rotatable bonds is 5. The Morgan fingerprint density at radius 2 is 2.24 bits per heavy atom. The Morgan fingerprint density at radius 3 is 3.00 bits per heavy atom. The van der Waals surface area contributed by atoms with E-state index in [2.05, 4.69) is 16.4 Å². The Labute approximate surface area is 122 Å². The molecule has 1 aromatic heterocycles. The van der Waals surface area contributed by atoms with Gasteiger partial charge in [0.2, 0.25) is 0 Å². The molecule has 0 bridgehead atoms. The highest BCUT2D eigenvalue weighted by Gasteiger charge is 2.15. The quantitative estimate of drug-likeness (QED) is 0.510. The minimum absolute atomic E-state index is 0.0506. The molecule has 1 heterocycles. The second-order valence-corrected chi connectivity index (χ2v) is 5.22. The predicted octanol–water partition coefficient (Wildman–Crippen LogP) is 4.06. The van der Waals surface area contributed by atoms with Gasteiger partial charge in [0.25, 0.3) is 5.69 Å². The van der Waals surface area contributed by atoms with Gasteiger partial charge in [-0.25, -0.2) is 4.98 Å². The number of pyridine rings is 1. The molecule has 0 fully saturated rings. The van der Waals surface area contributed by atoms with Gasteiger partial charge >= 0.3 is 0 Å². The highest BCUT2D eigenvalue weighted by molar-refractivity contribution is 5.96. The molecule has 0 aliphatic heterocycles. The third kappa shape index (κ3) is 2.86. The van der Waals surface area contributed by atoms with Crippen molar-refractivity contribution in [2.45, 2.75) is 25.7 Å². The van der Waals surface area contributed by atoms with Crippen molar-refractivity contribution >= 4 is 22.3 Å². The summed E-state index contributed by atoms with van der Waals surface area (Å²) in [5.74, 6) is 0. The lowest BCUT2D eigenvalue weighted by Gasteiger charge is -2.10. The molecule has 108 valence electrons. The lowest BCUT2D eigenvalue weighted by molar-refractivity contribution is -0.383. The van der Waals surface area contributed by atoms with E-state index in [0.717, 1.165) is 24.0 Å². The van der Waals surface area contributed by atoms with E-state index in [0.29, 0.717) is 5.52 Å². The van der Waals surface area contributed by atoms with Crippen LogP contribution in [0.4, 0.5) is 11.4 Å². The molecule has 5 heteroatoms. The first kappa shape index (κ1) is 13.5. The lowest BCUT2D eigenvalue weighted by atomic mass is 10.1. The zero-order chi connectivity index (χ0) is 14.7. The van der Waals surface area contributed by atoms with Gasteiger partial charge in [-0.1, -0.05) is 11.6 Å². The van der Waals surface area contributed by atoms with E-state index in [-0.39, 0.29) is 10.6 Å². The third-order valence-corrected chi connectivity index (χ3v) is 3.84. The number of nitrogens with one attached hydrogen (secondary N) is 1. The summed E-state index contributed by atoms with van der Waals surface area (Å²) in [7, 11) is 0. The molecule has 2 aromatic rings. The molecule has 1 N–H and O–H groups in total. The summed E-state index contributed by atoms with van der Waals surface area (Å²) < 4.78 is 0. The Kier molecular flexibility index (Phi) is 3.81. The smallest absolute Gasteiger partial charge is 0.295 e. The monoisotopic (exact) mass is 283 g/mol. The molecule has 0 saturated carbocycles. The summed E-state index contributed by atoms with van der Waals surface area (Å²) in [6, 6.07) is 6.96. The van der Waals surface area contributed by atoms with Crippen LogP contribution in [0.25, 0.3) is 10.9 Å². The van der Waals surface area contributed by atoms with E-state index in [1.165, 1.54) is 30.9 Å². The van der Waals surface area contributed by atoms with Crippen molar-refractivity contribution in [2.24, 2.45) is 0 Å². The molecule has 21 heavy (non-hydrogen) atoms. The average Bonchev–Trinajstić information content (AvgIpc) is 3.00. The topological polar surface area (TPSA) is 68.1 Å². The van der Waals surface area contributed by atoms with Gasteiger partial charge in [-0.2, -0.15) is 0 Å². The predicted molar refractivity (Wildman–Crippen MR) is 83.4 cm³/mol. The normalized spacial score (nSPS) is 14.2. The van der Waals surface area contributed by atoms with Crippen molar-refractivity contribution < 1.29 is 4.92 Å². The number of allylic oxidation sites excluding steroid dienone is 1. The number of fused-ring (bicyclic) bond motifs is 1. The molecule has 0 spiro atoms. The van der Waals surface area contributed by atoms with Crippen LogP contribution in [0, 0.1) is 10.1 Å². The van der Waals surface area contributed by atoms with Gasteiger partial charge in [0.1, 0.15) is 5.52 Å². The lowest BCUT2D eigenvalue weighted by Crippen LogP contribution is -2.03. The summed E-state index contributed by atoms with van der Waals surface area (Å²) in [6.07, 6.45) is 8.59. The largest absolute Gasteiger partial charge is 0.384 e. The number of anilines is 1. The maximum atomic E-state index is 11.1. The number of nitrogens with zero attached hydrogens (tertiary/aromatic N) is 2. The number of non-ortho nitro benzene ring substituents is 1. The molecular weight excluding hydrogens is 266 g/mol. The van der Waals surface area contributed by atoms with E-state index >= 15 is 0 Å². The number of hydrogen-bond donors (Lipinski definition) is 1. The van der Waals surface area contributed by atoms with Crippen molar-refractivity contribution in [3.05, 3.63) is 52.2 Å². The van der Waals surface area contributed by atoms with Gasteiger partial charge in [-0.15, -0.1) is 0 Å². The molecule has 0 radical (unpaired) electrons. The van der Waals surface area contributed by atoms with E-state index in [1.807, 2.05) is 6.07 Å². The van der Waals surface area contributed by atoms with Gasteiger partial charge in [-0.05, 0) is 43.9 Å². The first-order chi connectivity index (χ1) is 10.3. The molecule has 1 aromatic carbocycles. The molecule has 1 aliphatic carbocycles. The zero-order valence-electron chi connectivity index (χ0n) is 11.7. The maximum absolute atomic E-state index is 11.1. The van der Waals surface area contributed by atoms with E-state index in [9.17, 15) is 10.1 Å². The number of benzene rings is 1. The molecule has 1 aliphatic rings. The second-order valence-electron chi connectivity index (χ2n) is 5.22. The highest BCUT2D eigenvalue weighted by Crippen LogP contribution is 2.30. The standard InChI is InChI=1S/C16H17N3O2/c20-19(21)15-8-7-14(13-6-3-10-18-16(13)15)17-11-9-12-4-1-2-5-12/h3-4,6-8,10,17H,1-2,5,9,11H2. The van der Waals surface area contributed by atoms with Crippen LogP contribution in [0.5, 0.6) is 0 Å². The zero-order valence-corrected chi connectivity index (χ0v) is 11.7. The molecule has 0 amide bonds. The van der Waals surface area contributed by atoms with Crippen LogP contribution >= 0.6 is 0 Å². The van der Waals surface area contributed by atoms with Gasteiger partial charge in [0.05, 0.1) is 4.92 Å². The SMILES string of the molecule is O=[N+]([O-])c1ccc(NCCC2=CCCC2)c2cccnc12. The van der Waals surface area contributed by atoms with Gasteiger partial charge in [-0.3, -0.25) is 10.1 Å². The number of aromatic nitrogens is 1. The molecule has 0 atom stereocenters. The van der Waals surface area contributed by atoms with Crippen LogP contribution in [0.2, 0.25) is 0 Å². The fraction of sp³-hybridized carbons (Fsp3) is 0.312. The summed E-state index contributed by atoms with van der Waals surface area (Å²) in [6.45, 7) is 0.841. The summed E-state index contributed by atoms with van der Waals surface area (Å²) in [5.41, 5.74) is 2.90.